The molecule has 0 aliphatic heterocycles. The third-order valence-corrected chi connectivity index (χ3v) is 2.34. The van der Waals surface area contributed by atoms with E-state index in [-0.39, 0.29) is 26.4 Å². The lowest BCUT2D eigenvalue weighted by Crippen LogP contribution is -2.40. The van der Waals surface area contributed by atoms with Crippen LogP contribution in [0, 0.1) is 0 Å². The Labute approximate surface area is 141 Å². The first-order valence-electron chi connectivity index (χ1n) is 7.60. The molecule has 0 radical (unpaired) electrons. The molecule has 0 aliphatic rings. The van der Waals surface area contributed by atoms with Gasteiger partial charge in [-0.1, -0.05) is 0 Å². The van der Waals surface area contributed by atoms with E-state index >= 15 is 0 Å². The van der Waals surface area contributed by atoms with Crippen molar-refractivity contribution < 1.29 is 47.8 Å². The molecule has 0 unspecified atom stereocenters. The lowest BCUT2D eigenvalue weighted by atomic mass is 10.6. The highest BCUT2D eigenvalue weighted by Crippen LogP contribution is 2.17. The van der Waals surface area contributed by atoms with Crippen molar-refractivity contribution in [1.29, 1.82) is 0 Å². The van der Waals surface area contributed by atoms with Crippen LogP contribution in [0.15, 0.2) is 0 Å². The number of hydrogen-bond donors (Lipinski definition) is 0. The fourth-order valence-electron chi connectivity index (χ4n) is 1.65. The van der Waals surface area contributed by atoms with Gasteiger partial charge in [-0.05, 0) is 27.7 Å². The van der Waals surface area contributed by atoms with Crippen molar-refractivity contribution in [1.82, 2.24) is 0 Å². The minimum atomic E-state index is -1.67. The average molecular weight is 354 g/mol. The molecule has 0 fully saturated rings. The molecule has 0 saturated heterocycles. The smallest absolute Gasteiger partial charge is 0.374 e. The summed E-state index contributed by atoms with van der Waals surface area (Å²) in [4.78, 5) is 31.4. The van der Waals surface area contributed by atoms with Crippen LogP contribution in [0.5, 0.6) is 0 Å². The number of ether oxygens (including phenoxy) is 6. The molecule has 0 aromatic carbocycles. The number of carbonyl (C=O) groups excluding carboxylic acids is 2. The van der Waals surface area contributed by atoms with Gasteiger partial charge in [0.2, 0.25) is 0 Å². The van der Waals surface area contributed by atoms with E-state index in [1.54, 1.807) is 27.7 Å². The van der Waals surface area contributed by atoms with Gasteiger partial charge in [0.15, 0.2) is 0 Å². The van der Waals surface area contributed by atoms with Crippen LogP contribution in [-0.4, -0.2) is 50.7 Å². The van der Waals surface area contributed by atoms with Gasteiger partial charge >= 0.3 is 24.3 Å². The third-order valence-electron chi connectivity index (χ3n) is 2.34. The minimum Gasteiger partial charge on any atom is -0.374 e. The maximum absolute atomic E-state index is 11.5. The Morgan fingerprint density at radius 1 is 0.625 bits per heavy atom. The van der Waals surface area contributed by atoms with E-state index in [1.807, 2.05) is 0 Å². The molecule has 10 nitrogen and oxygen atoms in total. The Morgan fingerprint density at radius 2 is 0.875 bits per heavy atom. The first-order valence-corrected chi connectivity index (χ1v) is 7.60. The van der Waals surface area contributed by atoms with Crippen LogP contribution in [0.3, 0.4) is 0 Å². The zero-order chi connectivity index (χ0) is 18.6. The minimum absolute atomic E-state index is 0.216. The Hall–Kier alpha value is -1.62. The molecule has 0 aromatic heterocycles. The van der Waals surface area contributed by atoms with Gasteiger partial charge < -0.3 is 28.4 Å². The van der Waals surface area contributed by atoms with E-state index in [9.17, 15) is 9.59 Å². The summed E-state index contributed by atoms with van der Waals surface area (Å²) in [5.74, 6) is -3.34. The van der Waals surface area contributed by atoms with Gasteiger partial charge in [0.05, 0.1) is 26.4 Å². The molecule has 0 aliphatic carbocycles. The van der Waals surface area contributed by atoms with E-state index in [0.29, 0.717) is 0 Å². The SMILES string of the molecule is CCOC(C)(OCC)OC(=O)OOC(=O)OC(C)(OCC)OCC. The Morgan fingerprint density at radius 3 is 1.08 bits per heavy atom. The van der Waals surface area contributed by atoms with E-state index in [0.717, 1.165) is 0 Å². The van der Waals surface area contributed by atoms with E-state index in [2.05, 4.69) is 9.78 Å². The molecular formula is C14H26O10. The summed E-state index contributed by atoms with van der Waals surface area (Å²) in [6.07, 6.45) is -2.71. The summed E-state index contributed by atoms with van der Waals surface area (Å²) in [5, 5.41) is 0. The summed E-state index contributed by atoms with van der Waals surface area (Å²) in [6.45, 7) is 10.3. The van der Waals surface area contributed by atoms with Crippen molar-refractivity contribution in [3.05, 3.63) is 0 Å². The van der Waals surface area contributed by atoms with Crippen LogP contribution in [0.4, 0.5) is 9.59 Å². The summed E-state index contributed by atoms with van der Waals surface area (Å²) in [6, 6.07) is 0. The normalized spacial score (nSPS) is 11.8. The van der Waals surface area contributed by atoms with Gasteiger partial charge in [-0.3, -0.25) is 0 Å². The molecule has 0 heterocycles. The Bertz CT molecular complexity index is 336. The van der Waals surface area contributed by atoms with Crippen LogP contribution >= 0.6 is 0 Å². The fraction of sp³-hybridized carbons (Fsp3) is 0.857. The Kier molecular flexibility index (Phi) is 10.3. The quantitative estimate of drug-likeness (QED) is 0.251. The van der Waals surface area contributed by atoms with Crippen LogP contribution in [0.1, 0.15) is 41.5 Å². The molecule has 0 saturated carbocycles. The van der Waals surface area contributed by atoms with Crippen LogP contribution in [0.25, 0.3) is 0 Å². The van der Waals surface area contributed by atoms with Crippen molar-refractivity contribution in [2.45, 2.75) is 53.5 Å². The van der Waals surface area contributed by atoms with Crippen molar-refractivity contribution in [3.63, 3.8) is 0 Å². The molecule has 142 valence electrons. The van der Waals surface area contributed by atoms with Gasteiger partial charge in [0.25, 0.3) is 0 Å². The molecule has 0 rings (SSSR count). The molecule has 24 heavy (non-hydrogen) atoms. The predicted octanol–water partition coefficient (Wildman–Crippen LogP) is 2.70. The molecule has 10 heteroatoms. The van der Waals surface area contributed by atoms with Crippen LogP contribution in [-0.2, 0) is 38.2 Å². The first kappa shape index (κ1) is 22.4. The lowest BCUT2D eigenvalue weighted by Gasteiger charge is -2.27. The highest BCUT2D eigenvalue weighted by Gasteiger charge is 2.34. The summed E-state index contributed by atoms with van der Waals surface area (Å²) in [7, 11) is 0. The van der Waals surface area contributed by atoms with Crippen molar-refractivity contribution in [3.8, 4) is 0 Å². The summed E-state index contributed by atoms with van der Waals surface area (Å²) >= 11 is 0. The highest BCUT2D eigenvalue weighted by molar-refractivity contribution is 5.63. The molecule has 0 amide bonds. The second kappa shape index (κ2) is 11.0. The van der Waals surface area contributed by atoms with E-state index in [4.69, 9.17) is 28.4 Å². The standard InChI is InChI=1S/C14H26O10/c1-7-17-13(5,18-8-2)21-11(15)23-24-12(16)22-14(6,19-9-3)20-10-4/h7-10H2,1-6H3. The van der Waals surface area contributed by atoms with Gasteiger partial charge in [0, 0.05) is 13.8 Å². The molecule has 0 bridgehead atoms. The van der Waals surface area contributed by atoms with Gasteiger partial charge in [0.1, 0.15) is 0 Å². The van der Waals surface area contributed by atoms with E-state index in [1.165, 1.54) is 13.8 Å². The lowest BCUT2D eigenvalue weighted by molar-refractivity contribution is -0.373. The maximum Gasteiger partial charge on any atom is 0.554 e. The van der Waals surface area contributed by atoms with E-state index < -0.39 is 24.3 Å². The highest BCUT2D eigenvalue weighted by atomic mass is 17.3. The molecule has 0 N–H and O–H groups in total. The number of hydrogen-bond acceptors (Lipinski definition) is 10. The molecular weight excluding hydrogens is 328 g/mol. The van der Waals surface area contributed by atoms with Gasteiger partial charge in [-0.2, -0.15) is 19.4 Å². The second-order valence-electron chi connectivity index (χ2n) is 4.33. The zero-order valence-corrected chi connectivity index (χ0v) is 14.9. The molecule has 0 aromatic rings. The number of rotatable bonds is 10. The topological polar surface area (TPSA) is 108 Å². The fourth-order valence-corrected chi connectivity index (χ4v) is 1.65. The zero-order valence-electron chi connectivity index (χ0n) is 14.9. The maximum atomic E-state index is 11.5. The largest absolute Gasteiger partial charge is 0.554 e. The van der Waals surface area contributed by atoms with Crippen LogP contribution in [0.2, 0.25) is 0 Å². The summed E-state index contributed by atoms with van der Waals surface area (Å²) in [5.41, 5.74) is 0. The van der Waals surface area contributed by atoms with Crippen molar-refractivity contribution >= 4 is 12.3 Å². The van der Waals surface area contributed by atoms with Crippen LogP contribution < -0.4 is 0 Å². The third kappa shape index (κ3) is 8.87. The van der Waals surface area contributed by atoms with Gasteiger partial charge in [-0.25, -0.2) is 0 Å². The van der Waals surface area contributed by atoms with Crippen molar-refractivity contribution in [2.75, 3.05) is 26.4 Å². The van der Waals surface area contributed by atoms with Gasteiger partial charge in [-0.15, -0.1) is 0 Å². The van der Waals surface area contributed by atoms with Crippen molar-refractivity contribution in [2.24, 2.45) is 0 Å². The first-order chi connectivity index (χ1) is 11.2. The second-order valence-corrected chi connectivity index (χ2v) is 4.33. The summed E-state index contributed by atoms with van der Waals surface area (Å²) < 4.78 is 30.1. The molecule has 0 atom stereocenters. The number of carbonyl (C=O) groups is 2. The Balaban J connectivity index is 4.45. The monoisotopic (exact) mass is 354 g/mol. The molecule has 0 spiro atoms. The predicted molar refractivity (Wildman–Crippen MR) is 78.4 cm³/mol. The average Bonchev–Trinajstić information content (AvgIpc) is 2.45.